The molecule has 6 atom stereocenters. The first kappa shape index (κ1) is 36.1. The Balaban J connectivity index is 1.52. The summed E-state index contributed by atoms with van der Waals surface area (Å²) in [5, 5.41) is 30.8. The molecular formula is C40H50O9. The monoisotopic (exact) mass is 674 g/mol. The van der Waals surface area contributed by atoms with Crippen molar-refractivity contribution < 1.29 is 43.9 Å². The average Bonchev–Trinajstić information content (AvgIpc) is 3.08. The van der Waals surface area contributed by atoms with Crippen LogP contribution in [-0.4, -0.2) is 53.7 Å². The predicted molar refractivity (Wildman–Crippen MR) is 185 cm³/mol. The van der Waals surface area contributed by atoms with Crippen molar-refractivity contribution in [2.45, 2.75) is 102 Å². The quantitative estimate of drug-likeness (QED) is 0.136. The maximum atomic E-state index is 14.2. The Bertz CT molecular complexity index is 1600. The summed E-state index contributed by atoms with van der Waals surface area (Å²) >= 11 is 0. The molecule has 0 aromatic heterocycles. The van der Waals surface area contributed by atoms with Crippen LogP contribution in [0.2, 0.25) is 0 Å². The first-order chi connectivity index (χ1) is 23.6. The number of carbonyl (C=O) groups is 2. The number of benzene rings is 3. The first-order valence-corrected chi connectivity index (χ1v) is 17.5. The minimum Gasteiger partial charge on any atom is -0.504 e. The van der Waals surface area contributed by atoms with Gasteiger partial charge in [-0.15, -0.1) is 0 Å². The maximum absolute atomic E-state index is 14.2. The second-order valence-corrected chi connectivity index (χ2v) is 13.6. The summed E-state index contributed by atoms with van der Waals surface area (Å²) in [5.41, 5.74) is 4.58. The molecule has 5 rings (SSSR count). The van der Waals surface area contributed by atoms with Gasteiger partial charge in [-0.05, 0) is 96.0 Å². The Hall–Kier alpha value is -4.24. The molecular weight excluding hydrogens is 624 g/mol. The fraction of sp³-hybridized carbons (Fsp3) is 0.500. The molecule has 2 aliphatic carbocycles. The largest absolute Gasteiger partial charge is 0.504 e. The molecule has 0 aliphatic heterocycles. The van der Waals surface area contributed by atoms with Gasteiger partial charge in [-0.25, -0.2) is 0 Å². The molecule has 6 unspecified atom stereocenters. The maximum Gasteiger partial charge on any atom is 0.313 e. The lowest BCUT2D eigenvalue weighted by molar-refractivity contribution is -0.161. The summed E-state index contributed by atoms with van der Waals surface area (Å²) < 4.78 is 23.4. The first-order valence-electron chi connectivity index (χ1n) is 17.5. The van der Waals surface area contributed by atoms with Gasteiger partial charge >= 0.3 is 11.9 Å². The number of aliphatic hydroxyl groups is 1. The highest BCUT2D eigenvalue weighted by Gasteiger charge is 2.43. The van der Waals surface area contributed by atoms with Crippen molar-refractivity contribution in [2.75, 3.05) is 14.2 Å². The number of unbranched alkanes of at least 4 members (excludes halogenated alkanes) is 2. The van der Waals surface area contributed by atoms with Crippen molar-refractivity contribution in [3.8, 4) is 23.0 Å². The highest BCUT2D eigenvalue weighted by Crippen LogP contribution is 2.47. The summed E-state index contributed by atoms with van der Waals surface area (Å²) in [6.45, 7) is 3.42. The number of methoxy groups -OCH3 is 2. The number of phenolic OH excluding ortho intramolecular Hbond substituents is 2. The van der Waals surface area contributed by atoms with E-state index in [9.17, 15) is 24.9 Å². The standard InChI is InChI=1S/C40H50O9/c1-5-6-7-11-33(27-10-8-9-25(14-27)23-41)40(45)49-32-17-28(26-12-13-35(43)38(20-26)46-3)15-31-16-29-19-36(44)39(47-4)21-30(29)18-34(31)37(22-32)48-24(2)42/h8-10,12-14,19-21,28,31-34,37,41,43-44H,5-7,11,15-18,22-23H2,1-4H3. The molecule has 0 amide bonds. The summed E-state index contributed by atoms with van der Waals surface area (Å²) in [7, 11) is 3.04. The molecule has 3 N–H and O–H groups in total. The van der Waals surface area contributed by atoms with E-state index in [0.29, 0.717) is 50.0 Å². The number of rotatable bonds is 12. The van der Waals surface area contributed by atoms with Crippen LogP contribution in [0.1, 0.15) is 98.4 Å². The number of aliphatic hydroxyl groups excluding tert-OH is 1. The molecule has 1 saturated carbocycles. The van der Waals surface area contributed by atoms with Gasteiger partial charge in [-0.2, -0.15) is 0 Å². The van der Waals surface area contributed by atoms with E-state index < -0.39 is 18.1 Å². The zero-order chi connectivity index (χ0) is 35.1. The Morgan fingerprint density at radius 3 is 2.33 bits per heavy atom. The van der Waals surface area contributed by atoms with E-state index in [1.54, 1.807) is 12.1 Å². The summed E-state index contributed by atoms with van der Waals surface area (Å²) in [6, 6.07) is 16.5. The van der Waals surface area contributed by atoms with E-state index in [-0.39, 0.29) is 47.8 Å². The number of fused-ring (bicyclic) bond motifs is 2. The molecule has 49 heavy (non-hydrogen) atoms. The van der Waals surface area contributed by atoms with Crippen molar-refractivity contribution in [2.24, 2.45) is 11.8 Å². The molecule has 3 aromatic rings. The lowest BCUT2D eigenvalue weighted by atomic mass is 9.66. The highest BCUT2D eigenvalue weighted by molar-refractivity contribution is 5.78. The van der Waals surface area contributed by atoms with Crippen LogP contribution in [0.15, 0.2) is 54.6 Å². The minimum absolute atomic E-state index is 0.0453. The Kier molecular flexibility index (Phi) is 12.1. The van der Waals surface area contributed by atoms with E-state index in [4.69, 9.17) is 18.9 Å². The second-order valence-electron chi connectivity index (χ2n) is 13.6. The third-order valence-electron chi connectivity index (χ3n) is 10.3. The predicted octanol–water partition coefficient (Wildman–Crippen LogP) is 7.11. The molecule has 0 saturated heterocycles. The van der Waals surface area contributed by atoms with Crippen molar-refractivity contribution in [3.63, 3.8) is 0 Å². The average molecular weight is 675 g/mol. The smallest absolute Gasteiger partial charge is 0.313 e. The lowest BCUT2D eigenvalue weighted by Crippen LogP contribution is -2.43. The van der Waals surface area contributed by atoms with Gasteiger partial charge in [0.1, 0.15) is 12.2 Å². The van der Waals surface area contributed by atoms with Gasteiger partial charge in [-0.3, -0.25) is 9.59 Å². The molecule has 2 aliphatic rings. The number of ether oxygens (including phenoxy) is 4. The summed E-state index contributed by atoms with van der Waals surface area (Å²) in [6.07, 6.45) is 5.22. The van der Waals surface area contributed by atoms with Crippen LogP contribution in [0.3, 0.4) is 0 Å². The van der Waals surface area contributed by atoms with Gasteiger partial charge in [0.05, 0.1) is 26.7 Å². The lowest BCUT2D eigenvalue weighted by Gasteiger charge is -2.43. The van der Waals surface area contributed by atoms with Gasteiger partial charge in [0.25, 0.3) is 0 Å². The zero-order valence-electron chi connectivity index (χ0n) is 29.0. The van der Waals surface area contributed by atoms with E-state index in [1.807, 2.05) is 42.5 Å². The van der Waals surface area contributed by atoms with Gasteiger partial charge in [0.2, 0.25) is 0 Å². The van der Waals surface area contributed by atoms with Crippen molar-refractivity contribution >= 4 is 11.9 Å². The van der Waals surface area contributed by atoms with Gasteiger partial charge < -0.3 is 34.3 Å². The summed E-state index contributed by atoms with van der Waals surface area (Å²) in [5.74, 6) is -0.367. The van der Waals surface area contributed by atoms with E-state index in [1.165, 1.54) is 21.1 Å². The zero-order valence-corrected chi connectivity index (χ0v) is 29.0. The van der Waals surface area contributed by atoms with Gasteiger partial charge in [0.15, 0.2) is 23.0 Å². The number of hydrogen-bond donors (Lipinski definition) is 3. The molecule has 9 heteroatoms. The van der Waals surface area contributed by atoms with Crippen LogP contribution >= 0.6 is 0 Å². The second kappa shape index (κ2) is 16.4. The number of phenols is 2. The van der Waals surface area contributed by atoms with Gasteiger partial charge in [0, 0.05) is 19.3 Å². The molecule has 264 valence electrons. The van der Waals surface area contributed by atoms with Crippen molar-refractivity contribution in [1.29, 1.82) is 0 Å². The van der Waals surface area contributed by atoms with Crippen LogP contribution in [0.5, 0.6) is 23.0 Å². The topological polar surface area (TPSA) is 132 Å². The Labute approximate surface area is 289 Å². The molecule has 0 radical (unpaired) electrons. The van der Waals surface area contributed by atoms with Crippen LogP contribution < -0.4 is 9.47 Å². The molecule has 0 spiro atoms. The Morgan fingerprint density at radius 1 is 0.857 bits per heavy atom. The fourth-order valence-corrected chi connectivity index (χ4v) is 7.89. The van der Waals surface area contributed by atoms with Crippen LogP contribution in [0.4, 0.5) is 0 Å². The molecule has 9 nitrogen and oxygen atoms in total. The molecule has 3 aromatic carbocycles. The number of hydrogen-bond acceptors (Lipinski definition) is 9. The van der Waals surface area contributed by atoms with Crippen molar-refractivity contribution in [3.05, 3.63) is 82.4 Å². The van der Waals surface area contributed by atoms with Gasteiger partial charge in [-0.1, -0.05) is 56.5 Å². The highest BCUT2D eigenvalue weighted by atomic mass is 16.6. The van der Waals surface area contributed by atoms with Crippen molar-refractivity contribution in [1.82, 2.24) is 0 Å². The van der Waals surface area contributed by atoms with E-state index in [0.717, 1.165) is 47.1 Å². The molecule has 0 bridgehead atoms. The SMILES string of the molecule is CCCCCC(C(=O)OC1CC(c2ccc(O)c(OC)c2)CC2Cc3cc(O)c(OC)cc3CC2C(OC(C)=O)C1)c1cccc(CO)c1. The molecule has 0 heterocycles. The third-order valence-corrected chi connectivity index (χ3v) is 10.3. The van der Waals surface area contributed by atoms with Crippen LogP contribution in [-0.2, 0) is 38.5 Å². The molecule has 1 fully saturated rings. The normalized spacial score (nSPS) is 22.4. The number of aromatic hydroxyl groups is 2. The summed E-state index contributed by atoms with van der Waals surface area (Å²) in [4.78, 5) is 26.7. The number of carbonyl (C=O) groups excluding carboxylic acids is 2. The van der Waals surface area contributed by atoms with Crippen LogP contribution in [0.25, 0.3) is 0 Å². The third kappa shape index (κ3) is 8.68. The number of esters is 2. The fourth-order valence-electron chi connectivity index (χ4n) is 7.89. The van der Waals surface area contributed by atoms with E-state index >= 15 is 0 Å². The Morgan fingerprint density at radius 2 is 1.61 bits per heavy atom. The minimum atomic E-state index is -0.562. The van der Waals surface area contributed by atoms with Crippen LogP contribution in [0, 0.1) is 11.8 Å². The van der Waals surface area contributed by atoms with E-state index in [2.05, 4.69) is 6.92 Å².